The normalized spacial score (nSPS) is 26.6. The highest BCUT2D eigenvalue weighted by molar-refractivity contribution is 7.10. The Labute approximate surface area is 158 Å². The van der Waals surface area contributed by atoms with Crippen molar-refractivity contribution in [2.24, 2.45) is 0 Å². The molecule has 0 amide bonds. The first-order valence-electron chi connectivity index (χ1n) is 9.73. The Bertz CT molecular complexity index is 516. The van der Waals surface area contributed by atoms with E-state index < -0.39 is 0 Å². The van der Waals surface area contributed by atoms with Crippen molar-refractivity contribution in [1.82, 2.24) is 20.4 Å². The number of nitrogens with one attached hydrogen (secondary N) is 2. The Morgan fingerprint density at radius 2 is 1.80 bits per heavy atom. The maximum Gasteiger partial charge on any atom is 0.0567 e. The Hall–Kier alpha value is -0.460. The van der Waals surface area contributed by atoms with Gasteiger partial charge in [-0.05, 0) is 59.0 Å². The molecule has 0 saturated carbocycles. The second kappa shape index (κ2) is 7.65. The molecule has 2 aliphatic rings. The van der Waals surface area contributed by atoms with Gasteiger partial charge < -0.3 is 15.5 Å². The highest BCUT2D eigenvalue weighted by Crippen LogP contribution is 2.30. The van der Waals surface area contributed by atoms with Crippen LogP contribution < -0.4 is 10.6 Å². The number of piperazine rings is 1. The molecule has 2 fully saturated rings. The van der Waals surface area contributed by atoms with Crippen LogP contribution in [0.2, 0.25) is 0 Å². The van der Waals surface area contributed by atoms with Crippen molar-refractivity contribution in [2.45, 2.75) is 63.7 Å². The molecular formula is C20H36N4S. The van der Waals surface area contributed by atoms with Gasteiger partial charge in [0.25, 0.3) is 0 Å². The van der Waals surface area contributed by atoms with Crippen molar-refractivity contribution in [3.05, 3.63) is 22.4 Å². The topological polar surface area (TPSA) is 30.5 Å². The molecule has 25 heavy (non-hydrogen) atoms. The molecule has 0 aliphatic carbocycles. The molecule has 0 aromatic carbocycles. The minimum absolute atomic E-state index is 0.200. The summed E-state index contributed by atoms with van der Waals surface area (Å²) in [5.74, 6) is 0. The third-order valence-corrected chi connectivity index (χ3v) is 6.61. The summed E-state index contributed by atoms with van der Waals surface area (Å²) in [6.07, 6.45) is 2.38. The number of thiophene rings is 1. The Balaban J connectivity index is 1.65. The van der Waals surface area contributed by atoms with Gasteiger partial charge in [0.1, 0.15) is 0 Å². The molecule has 2 saturated heterocycles. The molecule has 2 aliphatic heterocycles. The van der Waals surface area contributed by atoms with Gasteiger partial charge in [-0.1, -0.05) is 6.07 Å². The molecule has 1 aromatic heterocycles. The molecule has 142 valence electrons. The minimum atomic E-state index is 0.200. The van der Waals surface area contributed by atoms with E-state index in [1.165, 1.54) is 43.9 Å². The zero-order valence-electron chi connectivity index (χ0n) is 16.6. The fourth-order valence-electron chi connectivity index (χ4n) is 4.77. The van der Waals surface area contributed by atoms with Gasteiger partial charge in [0.05, 0.1) is 6.04 Å². The number of hydrogen-bond acceptors (Lipinski definition) is 5. The van der Waals surface area contributed by atoms with E-state index in [4.69, 9.17) is 0 Å². The lowest BCUT2D eigenvalue weighted by Crippen LogP contribution is -2.62. The monoisotopic (exact) mass is 364 g/mol. The highest BCUT2D eigenvalue weighted by atomic mass is 32.1. The van der Waals surface area contributed by atoms with Crippen molar-refractivity contribution in [3.63, 3.8) is 0 Å². The molecule has 0 radical (unpaired) electrons. The number of nitrogens with zero attached hydrogens (tertiary/aromatic N) is 2. The Morgan fingerprint density at radius 1 is 1.16 bits per heavy atom. The first kappa shape index (κ1) is 19.3. The maximum absolute atomic E-state index is 3.94. The SMILES string of the molecule is CN1CCN(C(CNC2CC(C)(C)NC(C)(C)C2)c2cccs2)CC1. The van der Waals surface area contributed by atoms with Gasteiger partial charge in [0, 0.05) is 54.7 Å². The van der Waals surface area contributed by atoms with Crippen LogP contribution in [0.1, 0.15) is 51.5 Å². The predicted octanol–water partition coefficient (Wildman–Crippen LogP) is 2.94. The number of rotatable bonds is 5. The van der Waals surface area contributed by atoms with Crippen molar-refractivity contribution in [2.75, 3.05) is 39.8 Å². The van der Waals surface area contributed by atoms with E-state index in [0.717, 1.165) is 6.54 Å². The van der Waals surface area contributed by atoms with Crippen molar-refractivity contribution >= 4 is 11.3 Å². The standard InChI is InChI=1S/C20H36N4S/c1-19(2)13-16(14-20(3,4)22-19)21-15-17(18-7-6-12-25-18)24-10-8-23(5)9-11-24/h6-7,12,16-17,21-22H,8-11,13-15H2,1-5H3. The lowest BCUT2D eigenvalue weighted by atomic mass is 9.79. The van der Waals surface area contributed by atoms with Crippen molar-refractivity contribution in [3.8, 4) is 0 Å². The first-order valence-corrected chi connectivity index (χ1v) is 10.6. The van der Waals surface area contributed by atoms with Crippen LogP contribution in [0, 0.1) is 0 Å². The van der Waals surface area contributed by atoms with E-state index in [0.29, 0.717) is 12.1 Å². The van der Waals surface area contributed by atoms with Crippen molar-refractivity contribution < 1.29 is 0 Å². The number of piperidine rings is 1. The summed E-state index contributed by atoms with van der Waals surface area (Å²) in [7, 11) is 2.23. The van der Waals surface area contributed by atoms with E-state index in [1.54, 1.807) is 0 Å². The number of hydrogen-bond donors (Lipinski definition) is 2. The molecular weight excluding hydrogens is 328 g/mol. The van der Waals surface area contributed by atoms with Gasteiger partial charge in [0.15, 0.2) is 0 Å². The Morgan fingerprint density at radius 3 is 2.36 bits per heavy atom. The molecule has 5 heteroatoms. The summed E-state index contributed by atoms with van der Waals surface area (Å²) in [5, 5.41) is 9.95. The summed E-state index contributed by atoms with van der Waals surface area (Å²) in [5.41, 5.74) is 0.400. The van der Waals surface area contributed by atoms with E-state index >= 15 is 0 Å². The van der Waals surface area contributed by atoms with Crippen LogP contribution in [-0.2, 0) is 0 Å². The zero-order valence-corrected chi connectivity index (χ0v) is 17.5. The average molecular weight is 365 g/mol. The fourth-order valence-corrected chi connectivity index (χ4v) is 5.63. The van der Waals surface area contributed by atoms with Crippen LogP contribution in [0.5, 0.6) is 0 Å². The van der Waals surface area contributed by atoms with Gasteiger partial charge in [-0.3, -0.25) is 4.90 Å². The predicted molar refractivity (Wildman–Crippen MR) is 108 cm³/mol. The Kier molecular flexibility index (Phi) is 5.91. The van der Waals surface area contributed by atoms with Crippen LogP contribution in [0.15, 0.2) is 17.5 Å². The van der Waals surface area contributed by atoms with Gasteiger partial charge in [-0.2, -0.15) is 0 Å². The van der Waals surface area contributed by atoms with E-state index in [1.807, 2.05) is 11.3 Å². The molecule has 3 heterocycles. The molecule has 1 unspecified atom stereocenters. The molecule has 4 nitrogen and oxygen atoms in total. The molecule has 1 atom stereocenters. The molecule has 0 spiro atoms. The lowest BCUT2D eigenvalue weighted by Gasteiger charge is -2.47. The van der Waals surface area contributed by atoms with Crippen molar-refractivity contribution in [1.29, 1.82) is 0 Å². The summed E-state index contributed by atoms with van der Waals surface area (Å²) in [6.45, 7) is 15.1. The first-order chi connectivity index (χ1) is 11.7. The van der Waals surface area contributed by atoms with Crippen LogP contribution >= 0.6 is 11.3 Å². The molecule has 3 rings (SSSR count). The highest BCUT2D eigenvalue weighted by Gasteiger charge is 2.38. The van der Waals surface area contributed by atoms with Gasteiger partial charge in [0.2, 0.25) is 0 Å². The molecule has 2 N–H and O–H groups in total. The second-order valence-corrected chi connectivity index (χ2v) is 10.3. The summed E-state index contributed by atoms with van der Waals surface area (Å²) in [4.78, 5) is 6.62. The van der Waals surface area contributed by atoms with Crippen LogP contribution in [-0.4, -0.2) is 66.7 Å². The average Bonchev–Trinajstić information content (AvgIpc) is 3.00. The second-order valence-electron chi connectivity index (χ2n) is 9.28. The summed E-state index contributed by atoms with van der Waals surface area (Å²) < 4.78 is 0. The lowest BCUT2D eigenvalue weighted by molar-refractivity contribution is 0.100. The minimum Gasteiger partial charge on any atom is -0.312 e. The summed E-state index contributed by atoms with van der Waals surface area (Å²) in [6, 6.07) is 5.60. The maximum atomic E-state index is 3.94. The third kappa shape index (κ3) is 5.27. The van der Waals surface area contributed by atoms with Crippen LogP contribution in [0.4, 0.5) is 0 Å². The fraction of sp³-hybridized carbons (Fsp3) is 0.800. The van der Waals surface area contributed by atoms with Gasteiger partial charge in [-0.15, -0.1) is 11.3 Å². The summed E-state index contributed by atoms with van der Waals surface area (Å²) >= 11 is 1.90. The number of likely N-dealkylation sites (N-methyl/N-ethyl adjacent to an activating group) is 1. The smallest absolute Gasteiger partial charge is 0.0567 e. The van der Waals surface area contributed by atoms with E-state index in [2.05, 4.69) is 72.7 Å². The van der Waals surface area contributed by atoms with E-state index in [9.17, 15) is 0 Å². The zero-order chi connectivity index (χ0) is 18.1. The third-order valence-electron chi connectivity index (χ3n) is 5.64. The molecule has 1 aromatic rings. The van der Waals surface area contributed by atoms with E-state index in [-0.39, 0.29) is 11.1 Å². The largest absolute Gasteiger partial charge is 0.312 e. The van der Waals surface area contributed by atoms with Crippen LogP contribution in [0.25, 0.3) is 0 Å². The van der Waals surface area contributed by atoms with Crippen LogP contribution in [0.3, 0.4) is 0 Å². The molecule has 0 bridgehead atoms. The quantitative estimate of drug-likeness (QED) is 0.841. The van der Waals surface area contributed by atoms with Gasteiger partial charge in [-0.25, -0.2) is 0 Å². The van der Waals surface area contributed by atoms with Gasteiger partial charge >= 0.3 is 0 Å².